The molecule has 0 unspecified atom stereocenters. The van der Waals surface area contributed by atoms with Crippen LogP contribution in [0.3, 0.4) is 0 Å². The molecule has 1 aliphatic heterocycles. The third-order valence-electron chi connectivity index (χ3n) is 5.10. The SMILES string of the molecule is CC(C)c1nnc2n1CCN(C(=O)[C@H]1CCC[C@@H](C(F)(F)F)C1)C2. The van der Waals surface area contributed by atoms with Gasteiger partial charge in [0.05, 0.1) is 12.5 Å². The Morgan fingerprint density at radius 3 is 2.62 bits per heavy atom. The van der Waals surface area contributed by atoms with Crippen molar-refractivity contribution in [2.45, 2.75) is 64.7 Å². The van der Waals surface area contributed by atoms with Crippen LogP contribution in [0.15, 0.2) is 0 Å². The Kier molecular flexibility index (Phi) is 4.57. The number of fused-ring (bicyclic) bond motifs is 1. The van der Waals surface area contributed by atoms with E-state index in [1.807, 2.05) is 18.4 Å². The van der Waals surface area contributed by atoms with Gasteiger partial charge in [0.25, 0.3) is 0 Å². The summed E-state index contributed by atoms with van der Waals surface area (Å²) in [6.07, 6.45) is -3.14. The molecule has 134 valence electrons. The molecule has 0 aromatic carbocycles. The molecule has 5 nitrogen and oxygen atoms in total. The van der Waals surface area contributed by atoms with Crippen molar-refractivity contribution in [2.24, 2.45) is 11.8 Å². The molecule has 8 heteroatoms. The van der Waals surface area contributed by atoms with Gasteiger partial charge in [-0.1, -0.05) is 20.3 Å². The molecule has 0 radical (unpaired) electrons. The maximum atomic E-state index is 12.9. The molecule has 0 bridgehead atoms. The predicted octanol–water partition coefficient (Wildman–Crippen LogP) is 3.11. The fraction of sp³-hybridized carbons (Fsp3) is 0.812. The quantitative estimate of drug-likeness (QED) is 0.828. The van der Waals surface area contributed by atoms with Gasteiger partial charge in [-0.15, -0.1) is 10.2 Å². The Bertz CT molecular complexity index is 611. The highest BCUT2D eigenvalue weighted by molar-refractivity contribution is 5.79. The van der Waals surface area contributed by atoms with Crippen molar-refractivity contribution < 1.29 is 18.0 Å². The number of rotatable bonds is 2. The molecule has 0 saturated heterocycles. The van der Waals surface area contributed by atoms with Crippen LogP contribution >= 0.6 is 0 Å². The first-order valence-electron chi connectivity index (χ1n) is 8.55. The molecule has 0 N–H and O–H groups in total. The van der Waals surface area contributed by atoms with Crippen molar-refractivity contribution in [1.29, 1.82) is 0 Å². The van der Waals surface area contributed by atoms with Gasteiger partial charge >= 0.3 is 6.18 Å². The maximum Gasteiger partial charge on any atom is 0.391 e. The van der Waals surface area contributed by atoms with Crippen LogP contribution < -0.4 is 0 Å². The van der Waals surface area contributed by atoms with Crippen LogP contribution in [0.5, 0.6) is 0 Å². The lowest BCUT2D eigenvalue weighted by molar-refractivity contribution is -0.187. The minimum absolute atomic E-state index is 0.0806. The number of carbonyl (C=O) groups is 1. The largest absolute Gasteiger partial charge is 0.391 e. The normalized spacial score (nSPS) is 25.0. The lowest BCUT2D eigenvalue weighted by atomic mass is 9.80. The van der Waals surface area contributed by atoms with Gasteiger partial charge in [0.1, 0.15) is 5.82 Å². The van der Waals surface area contributed by atoms with Gasteiger partial charge in [-0.3, -0.25) is 4.79 Å². The summed E-state index contributed by atoms with van der Waals surface area (Å²) in [6, 6.07) is 0. The zero-order chi connectivity index (χ0) is 17.5. The van der Waals surface area contributed by atoms with Crippen molar-refractivity contribution in [2.75, 3.05) is 6.54 Å². The minimum atomic E-state index is -4.20. The highest BCUT2D eigenvalue weighted by Gasteiger charge is 2.44. The number of nitrogens with zero attached hydrogens (tertiary/aromatic N) is 4. The summed E-state index contributed by atoms with van der Waals surface area (Å²) in [4.78, 5) is 14.3. The number of carbonyl (C=O) groups excluding carboxylic acids is 1. The van der Waals surface area contributed by atoms with E-state index < -0.39 is 18.0 Å². The summed E-state index contributed by atoms with van der Waals surface area (Å²) >= 11 is 0. The van der Waals surface area contributed by atoms with Crippen LogP contribution in [-0.2, 0) is 17.9 Å². The lowest BCUT2D eigenvalue weighted by Crippen LogP contribution is -2.44. The van der Waals surface area contributed by atoms with Gasteiger partial charge in [-0.05, 0) is 19.3 Å². The highest BCUT2D eigenvalue weighted by Crippen LogP contribution is 2.40. The van der Waals surface area contributed by atoms with Gasteiger partial charge in [-0.25, -0.2) is 0 Å². The molecule has 0 spiro atoms. The van der Waals surface area contributed by atoms with Gasteiger partial charge in [0, 0.05) is 24.9 Å². The van der Waals surface area contributed by atoms with Crippen LogP contribution in [0.1, 0.15) is 57.1 Å². The molecule has 1 aromatic rings. The zero-order valence-electron chi connectivity index (χ0n) is 14.0. The molecule has 1 fully saturated rings. The Balaban J connectivity index is 1.68. The van der Waals surface area contributed by atoms with E-state index in [1.54, 1.807) is 4.90 Å². The molecular formula is C16H23F3N4O. The topological polar surface area (TPSA) is 51.0 Å². The molecule has 24 heavy (non-hydrogen) atoms. The number of hydrogen-bond acceptors (Lipinski definition) is 3. The number of hydrogen-bond donors (Lipinski definition) is 0. The van der Waals surface area contributed by atoms with Crippen molar-refractivity contribution in [1.82, 2.24) is 19.7 Å². The van der Waals surface area contributed by atoms with E-state index in [0.29, 0.717) is 32.5 Å². The number of amides is 1. The average molecular weight is 344 g/mol. The monoisotopic (exact) mass is 344 g/mol. The Morgan fingerprint density at radius 2 is 1.96 bits per heavy atom. The smallest absolute Gasteiger partial charge is 0.333 e. The van der Waals surface area contributed by atoms with Gasteiger partial charge in [0.2, 0.25) is 5.91 Å². The molecule has 1 amide bonds. The maximum absolute atomic E-state index is 12.9. The molecule has 1 aliphatic carbocycles. The summed E-state index contributed by atoms with van der Waals surface area (Å²) < 4.78 is 40.9. The van der Waals surface area contributed by atoms with E-state index in [4.69, 9.17) is 0 Å². The second-order valence-corrected chi connectivity index (χ2v) is 7.14. The summed E-state index contributed by atoms with van der Waals surface area (Å²) in [5.74, 6) is -0.164. The van der Waals surface area contributed by atoms with Gasteiger partial charge in [0.15, 0.2) is 5.82 Å². The van der Waals surface area contributed by atoms with Crippen LogP contribution in [0.25, 0.3) is 0 Å². The van der Waals surface area contributed by atoms with Crippen molar-refractivity contribution in [3.05, 3.63) is 11.6 Å². The second kappa shape index (κ2) is 6.37. The first-order chi connectivity index (χ1) is 11.3. The standard InChI is InChI=1S/C16H23F3N4O/c1-10(2)14-21-20-13-9-22(6-7-23(13)14)15(24)11-4-3-5-12(8-11)16(17,18)19/h10-12H,3-9H2,1-2H3/t11-,12+/m0/s1. The van der Waals surface area contributed by atoms with Crippen LogP contribution in [0, 0.1) is 11.8 Å². The summed E-state index contributed by atoms with van der Waals surface area (Å²) in [5, 5.41) is 8.32. The van der Waals surface area contributed by atoms with E-state index in [-0.39, 0.29) is 24.7 Å². The van der Waals surface area contributed by atoms with Gasteiger partial charge in [-0.2, -0.15) is 13.2 Å². The van der Waals surface area contributed by atoms with Crippen LogP contribution in [0.2, 0.25) is 0 Å². The molecule has 2 aliphatic rings. The molecule has 1 saturated carbocycles. The first kappa shape index (κ1) is 17.2. The molecular weight excluding hydrogens is 321 g/mol. The van der Waals surface area contributed by atoms with Crippen molar-refractivity contribution in [3.63, 3.8) is 0 Å². The number of aromatic nitrogens is 3. The predicted molar refractivity (Wildman–Crippen MR) is 81.0 cm³/mol. The van der Waals surface area contributed by atoms with E-state index in [1.165, 1.54) is 0 Å². The molecule has 2 heterocycles. The average Bonchev–Trinajstić information content (AvgIpc) is 2.96. The third-order valence-corrected chi connectivity index (χ3v) is 5.10. The molecule has 2 atom stereocenters. The van der Waals surface area contributed by atoms with Crippen LogP contribution in [0.4, 0.5) is 13.2 Å². The second-order valence-electron chi connectivity index (χ2n) is 7.14. The first-order valence-corrected chi connectivity index (χ1v) is 8.55. The molecule has 1 aromatic heterocycles. The van der Waals surface area contributed by atoms with Gasteiger partial charge < -0.3 is 9.47 Å². The van der Waals surface area contributed by atoms with Crippen molar-refractivity contribution >= 4 is 5.91 Å². The third kappa shape index (κ3) is 3.28. The molecule has 3 rings (SSSR count). The number of halogens is 3. The van der Waals surface area contributed by atoms with Crippen molar-refractivity contribution in [3.8, 4) is 0 Å². The summed E-state index contributed by atoms with van der Waals surface area (Å²) in [5.41, 5.74) is 0. The minimum Gasteiger partial charge on any atom is -0.333 e. The number of alkyl halides is 3. The fourth-order valence-corrected chi connectivity index (χ4v) is 3.77. The van der Waals surface area contributed by atoms with Crippen LogP contribution in [-0.4, -0.2) is 38.3 Å². The zero-order valence-corrected chi connectivity index (χ0v) is 14.0. The summed E-state index contributed by atoms with van der Waals surface area (Å²) in [7, 11) is 0. The summed E-state index contributed by atoms with van der Waals surface area (Å²) in [6.45, 7) is 5.53. The van der Waals surface area contributed by atoms with E-state index >= 15 is 0 Å². The lowest BCUT2D eigenvalue weighted by Gasteiger charge is -2.35. The Labute approximate surface area is 139 Å². The Morgan fingerprint density at radius 1 is 1.21 bits per heavy atom. The highest BCUT2D eigenvalue weighted by atomic mass is 19.4. The van der Waals surface area contributed by atoms with E-state index in [0.717, 1.165) is 11.6 Å². The van der Waals surface area contributed by atoms with E-state index in [9.17, 15) is 18.0 Å². The Hall–Kier alpha value is -1.60. The fourth-order valence-electron chi connectivity index (χ4n) is 3.77. The van der Waals surface area contributed by atoms with E-state index in [2.05, 4.69) is 10.2 Å².